The molecule has 0 radical (unpaired) electrons. The first-order chi connectivity index (χ1) is 31.6. The van der Waals surface area contributed by atoms with E-state index in [4.69, 9.17) is 13.7 Å². The fourth-order valence-corrected chi connectivity index (χ4v) is 12.2. The molecule has 0 bridgehead atoms. The highest BCUT2D eigenvalue weighted by Crippen LogP contribution is 2.36. The molecule has 0 spiro atoms. The Morgan fingerprint density at radius 2 is 0.765 bits per heavy atom. The van der Waals surface area contributed by atoms with E-state index in [1.165, 1.54) is 4.57 Å². The number of nitrogens with zero attached hydrogens (tertiary/aromatic N) is 2. The van der Waals surface area contributed by atoms with Crippen LogP contribution in [0.2, 0.25) is 0 Å². The number of rotatable bonds is 6. The Morgan fingerprint density at radius 3 is 1.27 bits per heavy atom. The van der Waals surface area contributed by atoms with Crippen molar-refractivity contribution in [2.75, 3.05) is 0 Å². The lowest BCUT2D eigenvalue weighted by Crippen LogP contribution is -2.74. The summed E-state index contributed by atoms with van der Waals surface area (Å²) in [5.41, 5.74) is -1.01. The van der Waals surface area contributed by atoms with E-state index in [0.29, 0.717) is 5.69 Å². The van der Waals surface area contributed by atoms with Gasteiger partial charge in [-0.25, -0.2) is 0 Å². The zero-order valence-electron chi connectivity index (χ0n) is 41.9. The van der Waals surface area contributed by atoms with Crippen LogP contribution in [0.4, 0.5) is 0 Å². The van der Waals surface area contributed by atoms with E-state index < -0.39 is 104 Å². The van der Waals surface area contributed by atoms with E-state index in [2.05, 4.69) is 36.4 Å². The van der Waals surface area contributed by atoms with Crippen LogP contribution in [-0.4, -0.2) is 17.2 Å². The van der Waals surface area contributed by atoms with Gasteiger partial charge in [-0.2, -0.15) is 0 Å². The molecule has 0 amide bonds. The Balaban J connectivity index is 1.39. The first-order valence-corrected chi connectivity index (χ1v) is 18.4. The van der Waals surface area contributed by atoms with Crippen molar-refractivity contribution in [3.8, 4) is 11.4 Å². The Bertz CT molecular complexity index is 3530. The zero-order chi connectivity index (χ0) is 46.8. The summed E-state index contributed by atoms with van der Waals surface area (Å²) in [6.07, 6.45) is 0. The van der Waals surface area contributed by atoms with Gasteiger partial charge >= 0.3 is 0 Å². The minimum Gasteiger partial charge on any atom is -0.309 e. The molecule has 2 aromatic heterocycles. The molecule has 0 unspecified atom stereocenters. The first-order valence-electron chi connectivity index (χ1n) is 23.9. The average molecular weight is 682 g/mol. The van der Waals surface area contributed by atoms with Gasteiger partial charge in [-0.15, -0.1) is 0 Å². The summed E-state index contributed by atoms with van der Waals surface area (Å²) in [6.45, 7) is 0. The minimum atomic E-state index is -3.21. The predicted octanol–water partition coefficient (Wildman–Crippen LogP) is 9.26. The molecule has 10 rings (SSSR count). The van der Waals surface area contributed by atoms with Crippen LogP contribution in [0.5, 0.6) is 0 Å². The van der Waals surface area contributed by atoms with Crippen LogP contribution in [0.25, 0.3) is 55.0 Å². The third kappa shape index (κ3) is 4.49. The summed E-state index contributed by atoms with van der Waals surface area (Å²) < 4.78 is 139. The second-order valence-electron chi connectivity index (χ2n) is 12.2. The number of hydrogen-bond donors (Lipinski definition) is 0. The fourth-order valence-electron chi connectivity index (χ4n) is 7.46. The van der Waals surface area contributed by atoms with Gasteiger partial charge in [0, 0.05) is 32.9 Å². The highest BCUT2D eigenvalue weighted by Gasteiger charge is 2.41. The molecule has 3 heteroatoms. The molecule has 51 heavy (non-hydrogen) atoms. The van der Waals surface area contributed by atoms with E-state index in [1.54, 1.807) is 6.07 Å². The maximum absolute atomic E-state index is 10.0. The van der Waals surface area contributed by atoms with Gasteiger partial charge in [0.2, 0.25) is 0 Å². The summed E-state index contributed by atoms with van der Waals surface area (Å²) in [4.78, 5) is 0. The van der Waals surface area contributed by atoms with Crippen molar-refractivity contribution < 1.29 is 20.6 Å². The lowest BCUT2D eigenvalue weighted by molar-refractivity contribution is 1.17. The normalized spacial score (nSPS) is 16.0. The monoisotopic (exact) mass is 681 g/mol. The Kier molecular flexibility index (Phi) is 4.19. The van der Waals surface area contributed by atoms with Gasteiger partial charge in [-0.3, -0.25) is 0 Å². The summed E-state index contributed by atoms with van der Waals surface area (Å²) >= 11 is 0. The maximum atomic E-state index is 10.0. The minimum absolute atomic E-state index is 0.0795. The second-order valence-corrected chi connectivity index (χ2v) is 16.0. The van der Waals surface area contributed by atoms with Crippen molar-refractivity contribution in [2.24, 2.45) is 0 Å². The van der Waals surface area contributed by atoms with E-state index in [9.17, 15) is 6.85 Å². The van der Waals surface area contributed by atoms with Crippen molar-refractivity contribution in [1.29, 1.82) is 0 Å². The van der Waals surface area contributed by atoms with Crippen molar-refractivity contribution in [1.82, 2.24) is 9.13 Å². The lowest BCUT2D eigenvalue weighted by atomic mass is 10.1. The van der Waals surface area contributed by atoms with Crippen LogP contribution < -0.4 is 20.7 Å². The van der Waals surface area contributed by atoms with E-state index in [-0.39, 0.29) is 43.6 Å². The molecule has 2 nitrogen and oxygen atoms in total. The Morgan fingerprint density at radius 1 is 0.353 bits per heavy atom. The van der Waals surface area contributed by atoms with E-state index >= 15 is 0 Å². The summed E-state index contributed by atoms with van der Waals surface area (Å²) in [5, 5.41) is 3.16. The molecule has 240 valence electrons. The topological polar surface area (TPSA) is 9.86 Å². The second kappa shape index (κ2) is 11.9. The lowest BCUT2D eigenvalue weighted by Gasteiger charge is -2.34. The summed E-state index contributed by atoms with van der Waals surface area (Å²) in [5.74, 6) is 0. The van der Waals surface area contributed by atoms with Gasteiger partial charge < -0.3 is 9.13 Å². The number of para-hydroxylation sites is 3. The summed E-state index contributed by atoms with van der Waals surface area (Å²) in [6, 6.07) is 28.5. The Hall–Kier alpha value is -6.42. The zero-order valence-corrected chi connectivity index (χ0v) is 27.9. The Labute approximate surface area is 319 Å². The molecule has 0 atom stereocenters. The smallest absolute Gasteiger partial charge is 0.179 e. The van der Waals surface area contributed by atoms with Crippen LogP contribution in [-0.2, 0) is 0 Å². The van der Waals surface area contributed by atoms with Crippen LogP contribution in [0.1, 0.15) is 20.6 Å². The van der Waals surface area contributed by atoms with Gasteiger partial charge in [0.05, 0.1) is 42.6 Å². The highest BCUT2D eigenvalue weighted by atomic mass is 28.3. The van der Waals surface area contributed by atoms with Crippen molar-refractivity contribution in [2.45, 2.75) is 0 Å². The molecule has 0 aliphatic rings. The van der Waals surface area contributed by atoms with Crippen LogP contribution in [0.3, 0.4) is 0 Å². The third-order valence-corrected chi connectivity index (χ3v) is 14.3. The van der Waals surface area contributed by atoms with Crippen molar-refractivity contribution >= 4 is 72.4 Å². The molecule has 0 aliphatic heterocycles. The highest BCUT2D eigenvalue weighted by molar-refractivity contribution is 7.19. The molecule has 0 saturated heterocycles. The summed E-state index contributed by atoms with van der Waals surface area (Å²) in [7, 11) is -3.21. The average Bonchev–Trinajstić information content (AvgIpc) is 3.89. The van der Waals surface area contributed by atoms with Gasteiger partial charge in [0.1, 0.15) is 0 Å². The van der Waals surface area contributed by atoms with Crippen molar-refractivity contribution in [3.63, 3.8) is 0 Å². The SMILES string of the molecule is [2H]c1c([2H])c([2H])c2c(c1[2H])c1c([2H])c(-n3c4c([2H])c([2H])c([2H])c([2H])c4c4c([2H])c([2H])c([2H])c([2H])c43)c([2H])c([2H])c1n2-c1cccc([Si](c2ccccc2)(c2ccccc2)c2ccccc2)c1. The molecular weight excluding hydrogens is 633 g/mol. The fraction of sp³-hybridized carbons (Fsp3) is 0. The van der Waals surface area contributed by atoms with Gasteiger partial charge in [0.15, 0.2) is 8.07 Å². The number of fused-ring (bicyclic) bond motifs is 6. The van der Waals surface area contributed by atoms with E-state index in [1.807, 2.05) is 72.8 Å². The molecule has 8 aromatic carbocycles. The largest absolute Gasteiger partial charge is 0.309 e. The molecule has 0 fully saturated rings. The molecule has 2 heterocycles. The number of benzene rings is 8. The first kappa shape index (κ1) is 18.0. The quantitative estimate of drug-likeness (QED) is 0.122. The maximum Gasteiger partial charge on any atom is 0.179 e. The van der Waals surface area contributed by atoms with Crippen LogP contribution in [0.15, 0.2) is 206 Å². The third-order valence-electron chi connectivity index (χ3n) is 9.56. The standard InChI is InChI=1S/C48H34N2Si/c1-4-18-37(19-5-1)51(38-20-6-2-7-21-38,39-22-8-3-9-23-39)40-24-16-17-35(33-40)49-47-30-15-12-27-43(47)44-34-36(31-32-48(44)49)50-45-28-13-10-25-41(45)42-26-11-14-29-46(42)50/h1-34H/i10D,11D,12D,13D,14D,15D,25D,26D,27D,28D,29D,30D,31D,32D,34D. The van der Waals surface area contributed by atoms with Crippen molar-refractivity contribution in [3.05, 3.63) is 206 Å². The van der Waals surface area contributed by atoms with Gasteiger partial charge in [-0.05, 0) is 69.1 Å². The number of hydrogen-bond acceptors (Lipinski definition) is 0. The van der Waals surface area contributed by atoms with Crippen LogP contribution in [0, 0.1) is 0 Å². The van der Waals surface area contributed by atoms with E-state index in [0.717, 1.165) is 25.3 Å². The van der Waals surface area contributed by atoms with Gasteiger partial charge in [0.25, 0.3) is 0 Å². The molecule has 0 aliphatic carbocycles. The molecule has 10 aromatic rings. The number of aromatic nitrogens is 2. The molecule has 0 N–H and O–H groups in total. The van der Waals surface area contributed by atoms with Gasteiger partial charge in [-0.1, -0.05) is 158 Å². The predicted molar refractivity (Wildman–Crippen MR) is 219 cm³/mol. The molecule has 0 saturated carbocycles. The van der Waals surface area contributed by atoms with Crippen LogP contribution >= 0.6 is 0 Å². The molecular formula is C48H34N2Si.